The van der Waals surface area contributed by atoms with E-state index in [2.05, 4.69) is 18.6 Å². The molecule has 0 radical (unpaired) electrons. The van der Waals surface area contributed by atoms with Crippen molar-refractivity contribution in [2.24, 2.45) is 7.05 Å². The molecule has 0 saturated carbocycles. The number of aromatic nitrogens is 3. The van der Waals surface area contributed by atoms with E-state index >= 15 is 0 Å². The third-order valence-corrected chi connectivity index (χ3v) is 5.12. The lowest BCUT2D eigenvalue weighted by atomic mass is 9.97. The van der Waals surface area contributed by atoms with Gasteiger partial charge in [-0.1, -0.05) is 20.3 Å². The van der Waals surface area contributed by atoms with Crippen molar-refractivity contribution in [3.05, 3.63) is 51.4 Å². The fraction of sp³-hybridized carbons (Fsp3) is 0.429. The number of rotatable bonds is 6. The summed E-state index contributed by atoms with van der Waals surface area (Å²) in [6, 6.07) is 6.66. The second-order valence-electron chi connectivity index (χ2n) is 7.23. The predicted molar refractivity (Wildman–Crippen MR) is 105 cm³/mol. The molecule has 0 saturated heterocycles. The topological polar surface area (TPSA) is 48.5 Å². The Morgan fingerprint density at radius 3 is 2.54 bits per heavy atom. The molecule has 3 rings (SSSR count). The van der Waals surface area contributed by atoms with Gasteiger partial charge in [-0.2, -0.15) is 8.78 Å². The van der Waals surface area contributed by atoms with Gasteiger partial charge in [-0.05, 0) is 61.6 Å². The minimum Gasteiger partial charge on any atom is -0.435 e. The smallest absolute Gasteiger partial charge is 0.387 e. The van der Waals surface area contributed by atoms with Gasteiger partial charge in [0, 0.05) is 18.3 Å². The predicted octanol–water partition coefficient (Wildman–Crippen LogP) is 4.82. The van der Waals surface area contributed by atoms with E-state index in [1.807, 2.05) is 13.0 Å². The SMILES string of the molecule is CCCC(C)c1cc(C)n2nc(-c3ccc(OC(F)F)cc3C)n(C)c(=O)c12. The number of alkyl halides is 2. The van der Waals surface area contributed by atoms with Gasteiger partial charge in [-0.3, -0.25) is 9.36 Å². The van der Waals surface area contributed by atoms with Crippen LogP contribution in [-0.4, -0.2) is 20.8 Å². The first kappa shape index (κ1) is 20.0. The maximum Gasteiger partial charge on any atom is 0.387 e. The van der Waals surface area contributed by atoms with Gasteiger partial charge < -0.3 is 4.74 Å². The first-order valence-electron chi connectivity index (χ1n) is 9.39. The highest BCUT2D eigenvalue weighted by Crippen LogP contribution is 2.29. The van der Waals surface area contributed by atoms with Crippen molar-refractivity contribution >= 4 is 5.52 Å². The first-order valence-corrected chi connectivity index (χ1v) is 9.39. The molecule has 5 nitrogen and oxygen atoms in total. The zero-order valence-corrected chi connectivity index (χ0v) is 16.8. The lowest BCUT2D eigenvalue weighted by Gasteiger charge is -2.14. The molecular weight excluding hydrogens is 364 g/mol. The van der Waals surface area contributed by atoms with Crippen molar-refractivity contribution in [2.75, 3.05) is 0 Å². The minimum absolute atomic E-state index is 0.0788. The second-order valence-corrected chi connectivity index (χ2v) is 7.23. The van der Waals surface area contributed by atoms with Crippen LogP contribution in [0.1, 0.15) is 49.4 Å². The van der Waals surface area contributed by atoms with Gasteiger partial charge in [0.15, 0.2) is 5.82 Å². The Bertz CT molecular complexity index is 1070. The Morgan fingerprint density at radius 1 is 1.21 bits per heavy atom. The Hall–Kier alpha value is -2.70. The van der Waals surface area contributed by atoms with E-state index in [-0.39, 0.29) is 17.2 Å². The van der Waals surface area contributed by atoms with E-state index in [0.29, 0.717) is 22.5 Å². The summed E-state index contributed by atoms with van der Waals surface area (Å²) in [4.78, 5) is 13.2. The number of hydrogen-bond donors (Lipinski definition) is 0. The number of fused-ring (bicyclic) bond motifs is 1. The van der Waals surface area contributed by atoms with Gasteiger partial charge in [-0.15, -0.1) is 5.10 Å². The fourth-order valence-corrected chi connectivity index (χ4v) is 3.67. The molecule has 0 bridgehead atoms. The van der Waals surface area contributed by atoms with E-state index in [0.717, 1.165) is 24.1 Å². The van der Waals surface area contributed by atoms with E-state index in [1.165, 1.54) is 16.7 Å². The summed E-state index contributed by atoms with van der Waals surface area (Å²) >= 11 is 0. The molecule has 0 N–H and O–H groups in total. The molecule has 0 aliphatic rings. The molecule has 3 aromatic rings. The average Bonchev–Trinajstić information content (AvgIpc) is 2.95. The molecular formula is C21H25F2N3O2. The molecule has 1 aromatic carbocycles. The molecule has 2 aromatic heterocycles. The average molecular weight is 389 g/mol. The third kappa shape index (κ3) is 3.53. The standard InChI is InChI=1S/C21H25F2N3O2/c1-6-7-12(2)17-11-14(4)26-18(17)20(27)25(5)19(24-26)16-9-8-15(10-13(16)3)28-21(22)23/h8-12,21H,6-7H2,1-5H3. The normalized spacial score (nSPS) is 12.7. The summed E-state index contributed by atoms with van der Waals surface area (Å²) < 4.78 is 32.6. The van der Waals surface area contributed by atoms with Gasteiger partial charge in [0.05, 0.1) is 0 Å². The van der Waals surface area contributed by atoms with Crippen molar-refractivity contribution in [1.82, 2.24) is 14.2 Å². The van der Waals surface area contributed by atoms with Crippen LogP contribution in [-0.2, 0) is 7.05 Å². The van der Waals surface area contributed by atoms with Gasteiger partial charge in [0.2, 0.25) is 0 Å². The van der Waals surface area contributed by atoms with Crippen molar-refractivity contribution < 1.29 is 13.5 Å². The maximum absolute atomic E-state index is 13.2. The van der Waals surface area contributed by atoms with E-state index in [9.17, 15) is 13.6 Å². The molecule has 1 atom stereocenters. The Balaban J connectivity index is 2.18. The second kappa shape index (κ2) is 7.73. The van der Waals surface area contributed by atoms with Crippen LogP contribution in [0.15, 0.2) is 29.1 Å². The van der Waals surface area contributed by atoms with Crippen molar-refractivity contribution in [3.8, 4) is 17.1 Å². The zero-order valence-electron chi connectivity index (χ0n) is 16.8. The fourth-order valence-electron chi connectivity index (χ4n) is 3.67. The summed E-state index contributed by atoms with van der Waals surface area (Å²) in [5.41, 5.74) is 3.77. The van der Waals surface area contributed by atoms with Crippen molar-refractivity contribution in [1.29, 1.82) is 0 Å². The molecule has 28 heavy (non-hydrogen) atoms. The minimum atomic E-state index is -2.88. The molecule has 0 amide bonds. The Morgan fingerprint density at radius 2 is 1.93 bits per heavy atom. The molecule has 7 heteroatoms. The number of ether oxygens (including phenoxy) is 1. The Kier molecular flexibility index (Phi) is 5.54. The van der Waals surface area contributed by atoms with E-state index in [4.69, 9.17) is 5.10 Å². The number of hydrogen-bond acceptors (Lipinski definition) is 3. The number of aryl methyl sites for hydroxylation is 2. The van der Waals surface area contributed by atoms with Crippen LogP contribution in [0, 0.1) is 13.8 Å². The summed E-state index contributed by atoms with van der Waals surface area (Å²) in [7, 11) is 1.68. The molecule has 2 heterocycles. The molecule has 0 aliphatic carbocycles. The van der Waals surface area contributed by atoms with Crippen LogP contribution >= 0.6 is 0 Å². The quantitative estimate of drug-likeness (QED) is 0.607. The molecule has 0 aliphatic heterocycles. The largest absolute Gasteiger partial charge is 0.435 e. The van der Waals surface area contributed by atoms with Crippen LogP contribution in [0.3, 0.4) is 0 Å². The van der Waals surface area contributed by atoms with Crippen LogP contribution in [0.5, 0.6) is 5.75 Å². The van der Waals surface area contributed by atoms with Gasteiger partial charge in [0.25, 0.3) is 5.56 Å². The summed E-state index contributed by atoms with van der Waals surface area (Å²) in [5, 5.41) is 4.71. The monoisotopic (exact) mass is 389 g/mol. The number of halogens is 2. The van der Waals surface area contributed by atoms with E-state index < -0.39 is 6.61 Å². The van der Waals surface area contributed by atoms with E-state index in [1.54, 1.807) is 24.6 Å². The van der Waals surface area contributed by atoms with Crippen molar-refractivity contribution in [2.45, 2.75) is 53.1 Å². The highest BCUT2D eigenvalue weighted by Gasteiger charge is 2.20. The molecule has 150 valence electrons. The summed E-state index contributed by atoms with van der Waals surface area (Å²) in [6.07, 6.45) is 2.03. The highest BCUT2D eigenvalue weighted by atomic mass is 19.3. The van der Waals surface area contributed by atoms with Gasteiger partial charge in [0.1, 0.15) is 11.3 Å². The Labute approximate surface area is 162 Å². The van der Waals surface area contributed by atoms with Gasteiger partial charge >= 0.3 is 6.61 Å². The lowest BCUT2D eigenvalue weighted by molar-refractivity contribution is -0.0498. The number of benzene rings is 1. The van der Waals surface area contributed by atoms with Crippen molar-refractivity contribution in [3.63, 3.8) is 0 Å². The van der Waals surface area contributed by atoms with Crippen LogP contribution < -0.4 is 10.3 Å². The first-order chi connectivity index (χ1) is 13.2. The summed E-state index contributed by atoms with van der Waals surface area (Å²) in [5.74, 6) is 0.823. The van der Waals surface area contributed by atoms with Crippen LogP contribution in [0.4, 0.5) is 8.78 Å². The number of nitrogens with zero attached hydrogens (tertiary/aromatic N) is 3. The summed E-state index contributed by atoms with van der Waals surface area (Å²) in [6.45, 7) is 5.08. The maximum atomic E-state index is 13.2. The van der Waals surface area contributed by atoms with Crippen LogP contribution in [0.2, 0.25) is 0 Å². The molecule has 0 spiro atoms. The van der Waals surface area contributed by atoms with Crippen LogP contribution in [0.25, 0.3) is 16.9 Å². The highest BCUT2D eigenvalue weighted by molar-refractivity contribution is 5.64. The van der Waals surface area contributed by atoms with Gasteiger partial charge in [-0.25, -0.2) is 4.52 Å². The lowest BCUT2D eigenvalue weighted by Crippen LogP contribution is -2.24. The molecule has 0 fully saturated rings. The molecule has 1 unspecified atom stereocenters. The zero-order chi connectivity index (χ0) is 20.6. The third-order valence-electron chi connectivity index (χ3n) is 5.12.